The zero-order valence-corrected chi connectivity index (χ0v) is 19.7. The van der Waals surface area contributed by atoms with Crippen LogP contribution in [0, 0.1) is 0 Å². The number of nitrogens with one attached hydrogen (secondary N) is 1. The highest BCUT2D eigenvalue weighted by Crippen LogP contribution is 2.47. The van der Waals surface area contributed by atoms with E-state index >= 15 is 0 Å². The maximum atomic E-state index is 13.6. The van der Waals surface area contributed by atoms with Crippen molar-refractivity contribution in [2.75, 3.05) is 13.2 Å². The summed E-state index contributed by atoms with van der Waals surface area (Å²) in [5.41, 5.74) is 4.20. The molecule has 2 heterocycles. The fraction of sp³-hybridized carbons (Fsp3) is 0.385. The molecule has 1 N–H and O–H groups in total. The molecule has 1 saturated carbocycles. The van der Waals surface area contributed by atoms with Gasteiger partial charge in [0.2, 0.25) is 0 Å². The molecule has 1 fully saturated rings. The minimum atomic E-state index is -0.241. The molecule has 0 saturated heterocycles. The third-order valence-electron chi connectivity index (χ3n) is 6.52. The summed E-state index contributed by atoms with van der Waals surface area (Å²) in [4.78, 5) is 15.7. The first-order valence-electron chi connectivity index (χ1n) is 11.7. The van der Waals surface area contributed by atoms with E-state index in [-0.39, 0.29) is 18.0 Å². The highest BCUT2D eigenvalue weighted by Gasteiger charge is 2.46. The average Bonchev–Trinajstić information content (AvgIpc) is 3.54. The van der Waals surface area contributed by atoms with E-state index in [1.807, 2.05) is 56.3 Å². The van der Waals surface area contributed by atoms with E-state index in [4.69, 9.17) is 21.1 Å². The number of H-pyrrole nitrogens is 1. The minimum absolute atomic E-state index is 0.0152. The number of aromatic amines is 1. The highest BCUT2D eigenvalue weighted by molar-refractivity contribution is 6.30. The normalized spacial score (nSPS) is 18.1. The number of hydrogen-bond acceptors (Lipinski definition) is 4. The van der Waals surface area contributed by atoms with Gasteiger partial charge < -0.3 is 14.4 Å². The maximum Gasteiger partial charge on any atom is 0.273 e. The van der Waals surface area contributed by atoms with E-state index in [1.54, 1.807) is 0 Å². The molecule has 1 atom stereocenters. The van der Waals surface area contributed by atoms with E-state index < -0.39 is 0 Å². The predicted octanol–water partition coefficient (Wildman–Crippen LogP) is 6.02. The third-order valence-corrected chi connectivity index (χ3v) is 6.77. The van der Waals surface area contributed by atoms with Gasteiger partial charge in [-0.3, -0.25) is 9.89 Å². The van der Waals surface area contributed by atoms with Crippen molar-refractivity contribution in [3.8, 4) is 22.8 Å². The quantitative estimate of drug-likeness (QED) is 0.463. The lowest BCUT2D eigenvalue weighted by Gasteiger charge is -2.32. The van der Waals surface area contributed by atoms with E-state index in [0.29, 0.717) is 35.4 Å². The number of nitrogens with zero attached hydrogens (tertiary/aromatic N) is 2. The van der Waals surface area contributed by atoms with Gasteiger partial charge in [-0.25, -0.2) is 0 Å². The number of halogens is 1. The molecule has 3 aromatic rings. The van der Waals surface area contributed by atoms with Gasteiger partial charge in [0, 0.05) is 22.2 Å². The number of fused-ring (bicyclic) bond motifs is 1. The van der Waals surface area contributed by atoms with Gasteiger partial charge >= 0.3 is 0 Å². The predicted molar refractivity (Wildman–Crippen MR) is 128 cm³/mol. The lowest BCUT2D eigenvalue weighted by Crippen LogP contribution is -2.37. The van der Waals surface area contributed by atoms with Crippen LogP contribution in [0.4, 0.5) is 0 Å². The molecule has 33 heavy (non-hydrogen) atoms. The van der Waals surface area contributed by atoms with Crippen LogP contribution in [0.25, 0.3) is 11.3 Å². The fourth-order valence-corrected chi connectivity index (χ4v) is 5.24. The molecule has 1 unspecified atom stereocenters. The summed E-state index contributed by atoms with van der Waals surface area (Å²) < 4.78 is 11.7. The van der Waals surface area contributed by atoms with Crippen LogP contribution < -0.4 is 9.47 Å². The molecule has 172 valence electrons. The van der Waals surface area contributed by atoms with Gasteiger partial charge in [0.05, 0.1) is 24.9 Å². The van der Waals surface area contributed by atoms with E-state index in [1.165, 1.54) is 0 Å². The Bertz CT molecular complexity index is 1150. The Balaban J connectivity index is 1.65. The molecule has 0 spiro atoms. The second-order valence-corrected chi connectivity index (χ2v) is 8.93. The molecular formula is C26H28ClN3O3. The van der Waals surface area contributed by atoms with Crippen molar-refractivity contribution in [3.63, 3.8) is 0 Å². The molecule has 2 aromatic carbocycles. The molecular weight excluding hydrogens is 438 g/mol. The van der Waals surface area contributed by atoms with Crippen molar-refractivity contribution in [3.05, 3.63) is 64.3 Å². The Morgan fingerprint density at radius 1 is 1.03 bits per heavy atom. The SMILES string of the molecule is CCOc1ccc(C2c3c(-c4ccc(Cl)cc4)n[nH]c3C(=O)N2C2CCCC2)cc1OCC. The summed E-state index contributed by atoms with van der Waals surface area (Å²) in [5.74, 6) is 1.42. The van der Waals surface area contributed by atoms with Gasteiger partial charge in [0.25, 0.3) is 5.91 Å². The second-order valence-electron chi connectivity index (χ2n) is 8.49. The smallest absolute Gasteiger partial charge is 0.273 e. The zero-order chi connectivity index (χ0) is 22.9. The van der Waals surface area contributed by atoms with Crippen molar-refractivity contribution >= 4 is 17.5 Å². The van der Waals surface area contributed by atoms with Crippen LogP contribution in [0.5, 0.6) is 11.5 Å². The van der Waals surface area contributed by atoms with Gasteiger partial charge in [0.1, 0.15) is 5.69 Å². The Hall–Kier alpha value is -2.99. The van der Waals surface area contributed by atoms with Crippen molar-refractivity contribution < 1.29 is 14.3 Å². The number of hydrogen-bond donors (Lipinski definition) is 1. The van der Waals surface area contributed by atoms with Gasteiger partial charge in [-0.2, -0.15) is 5.10 Å². The fourth-order valence-electron chi connectivity index (χ4n) is 5.12. The first kappa shape index (κ1) is 21.8. The summed E-state index contributed by atoms with van der Waals surface area (Å²) in [6.07, 6.45) is 4.33. The van der Waals surface area contributed by atoms with Crippen molar-refractivity contribution in [2.45, 2.75) is 51.6 Å². The molecule has 0 radical (unpaired) electrons. The first-order valence-corrected chi connectivity index (χ1v) is 12.1. The lowest BCUT2D eigenvalue weighted by atomic mass is 9.95. The zero-order valence-electron chi connectivity index (χ0n) is 18.9. The Morgan fingerprint density at radius 2 is 1.73 bits per heavy atom. The Morgan fingerprint density at radius 3 is 2.42 bits per heavy atom. The van der Waals surface area contributed by atoms with Crippen molar-refractivity contribution in [1.82, 2.24) is 15.1 Å². The number of benzene rings is 2. The van der Waals surface area contributed by atoms with Crippen LogP contribution in [-0.2, 0) is 0 Å². The number of ether oxygens (including phenoxy) is 2. The standard InChI is InChI=1S/C26H28ClN3O3/c1-3-32-20-14-11-17(15-21(20)33-4-2)25-22-23(16-9-12-18(27)13-10-16)28-29-24(22)26(31)30(25)19-7-5-6-8-19/h9-15,19,25H,3-8H2,1-2H3,(H,28,29). The van der Waals surface area contributed by atoms with Gasteiger partial charge in [0.15, 0.2) is 11.5 Å². The third kappa shape index (κ3) is 3.86. The molecule has 5 rings (SSSR count). The molecule has 7 heteroatoms. The molecule has 0 bridgehead atoms. The summed E-state index contributed by atoms with van der Waals surface area (Å²) in [6, 6.07) is 13.6. The number of aromatic nitrogens is 2. The number of amides is 1. The van der Waals surface area contributed by atoms with E-state index in [2.05, 4.69) is 15.1 Å². The van der Waals surface area contributed by atoms with Crippen LogP contribution in [0.3, 0.4) is 0 Å². The molecule has 1 aliphatic carbocycles. The van der Waals surface area contributed by atoms with Crippen LogP contribution in [-0.4, -0.2) is 40.3 Å². The molecule has 2 aliphatic rings. The summed E-state index contributed by atoms with van der Waals surface area (Å²) in [7, 11) is 0. The van der Waals surface area contributed by atoms with Gasteiger partial charge in [-0.05, 0) is 56.5 Å². The van der Waals surface area contributed by atoms with Crippen LogP contribution >= 0.6 is 11.6 Å². The van der Waals surface area contributed by atoms with E-state index in [9.17, 15) is 4.79 Å². The molecule has 1 aromatic heterocycles. The van der Waals surface area contributed by atoms with Crippen molar-refractivity contribution in [2.24, 2.45) is 0 Å². The lowest BCUT2D eigenvalue weighted by molar-refractivity contribution is 0.0660. The Labute approximate surface area is 198 Å². The molecule has 6 nitrogen and oxygen atoms in total. The molecule has 1 amide bonds. The van der Waals surface area contributed by atoms with Crippen LogP contribution in [0.1, 0.15) is 67.2 Å². The number of rotatable bonds is 7. The number of carbonyl (C=O) groups is 1. The monoisotopic (exact) mass is 465 g/mol. The minimum Gasteiger partial charge on any atom is -0.490 e. The number of carbonyl (C=O) groups excluding carboxylic acids is 1. The molecule has 1 aliphatic heterocycles. The Kier molecular flexibility index (Phi) is 6.02. The van der Waals surface area contributed by atoms with E-state index in [0.717, 1.165) is 48.1 Å². The summed E-state index contributed by atoms with van der Waals surface area (Å²) in [6.45, 7) is 5.00. The maximum absolute atomic E-state index is 13.6. The summed E-state index contributed by atoms with van der Waals surface area (Å²) in [5, 5.41) is 8.27. The van der Waals surface area contributed by atoms with Gasteiger partial charge in [-0.1, -0.05) is 42.6 Å². The summed E-state index contributed by atoms with van der Waals surface area (Å²) >= 11 is 6.12. The second kappa shape index (κ2) is 9.10. The topological polar surface area (TPSA) is 67.5 Å². The van der Waals surface area contributed by atoms with Crippen LogP contribution in [0.15, 0.2) is 42.5 Å². The largest absolute Gasteiger partial charge is 0.490 e. The van der Waals surface area contributed by atoms with Crippen LogP contribution in [0.2, 0.25) is 5.02 Å². The first-order chi connectivity index (χ1) is 16.1. The average molecular weight is 466 g/mol. The van der Waals surface area contributed by atoms with Gasteiger partial charge in [-0.15, -0.1) is 0 Å². The van der Waals surface area contributed by atoms with Crippen molar-refractivity contribution in [1.29, 1.82) is 0 Å². The highest BCUT2D eigenvalue weighted by atomic mass is 35.5.